The standard InChI is InChI=1S/C26H34O3/c1-2-3-4-5-6-7-8-9-10-11-14-20-17-18-24-22(25(20)26(27)28)19-21-15-12-13-16-23(21)29-24/h12-13,15-18H,2-11,14,19H2,1H3,(H,27,28). The van der Waals surface area contributed by atoms with E-state index in [0.29, 0.717) is 17.7 Å². The first-order chi connectivity index (χ1) is 14.2. The lowest BCUT2D eigenvalue weighted by Gasteiger charge is -2.23. The highest BCUT2D eigenvalue weighted by Crippen LogP contribution is 2.39. The minimum Gasteiger partial charge on any atom is -0.478 e. The van der Waals surface area contributed by atoms with Crippen LogP contribution in [0.5, 0.6) is 11.5 Å². The second kappa shape index (κ2) is 11.0. The van der Waals surface area contributed by atoms with E-state index in [0.717, 1.165) is 35.3 Å². The molecule has 0 saturated carbocycles. The van der Waals surface area contributed by atoms with Gasteiger partial charge in [0.25, 0.3) is 0 Å². The number of para-hydroxylation sites is 1. The van der Waals surface area contributed by atoms with Crippen LogP contribution in [0.15, 0.2) is 36.4 Å². The number of unbranched alkanes of at least 4 members (excludes halogenated alkanes) is 9. The summed E-state index contributed by atoms with van der Waals surface area (Å²) in [6, 6.07) is 11.8. The van der Waals surface area contributed by atoms with E-state index in [9.17, 15) is 9.90 Å². The molecule has 0 aliphatic carbocycles. The van der Waals surface area contributed by atoms with Crippen LogP contribution in [-0.2, 0) is 12.8 Å². The van der Waals surface area contributed by atoms with Gasteiger partial charge in [0.15, 0.2) is 0 Å². The first-order valence-corrected chi connectivity index (χ1v) is 11.3. The van der Waals surface area contributed by atoms with Gasteiger partial charge in [-0.2, -0.15) is 0 Å². The van der Waals surface area contributed by atoms with Gasteiger partial charge in [-0.15, -0.1) is 0 Å². The average molecular weight is 395 g/mol. The smallest absolute Gasteiger partial charge is 0.336 e. The lowest BCUT2D eigenvalue weighted by Crippen LogP contribution is -2.12. The molecule has 0 unspecified atom stereocenters. The molecule has 0 atom stereocenters. The Bertz CT molecular complexity index is 810. The van der Waals surface area contributed by atoms with E-state index in [2.05, 4.69) is 6.92 Å². The molecule has 29 heavy (non-hydrogen) atoms. The number of benzene rings is 2. The largest absolute Gasteiger partial charge is 0.478 e. The fraction of sp³-hybridized carbons (Fsp3) is 0.500. The van der Waals surface area contributed by atoms with Gasteiger partial charge in [-0.3, -0.25) is 0 Å². The molecular weight excluding hydrogens is 360 g/mol. The summed E-state index contributed by atoms with van der Waals surface area (Å²) < 4.78 is 5.96. The quantitative estimate of drug-likeness (QED) is 0.323. The summed E-state index contributed by atoms with van der Waals surface area (Å²) in [5, 5.41) is 9.88. The molecule has 0 fully saturated rings. The van der Waals surface area contributed by atoms with Crippen molar-refractivity contribution in [3.63, 3.8) is 0 Å². The molecule has 0 amide bonds. The number of fused-ring (bicyclic) bond motifs is 2. The molecule has 0 saturated heterocycles. The van der Waals surface area contributed by atoms with Crippen LogP contribution in [0.1, 0.15) is 98.2 Å². The van der Waals surface area contributed by atoms with Crippen molar-refractivity contribution < 1.29 is 14.6 Å². The van der Waals surface area contributed by atoms with Crippen molar-refractivity contribution in [2.24, 2.45) is 0 Å². The van der Waals surface area contributed by atoms with E-state index in [1.165, 1.54) is 57.8 Å². The van der Waals surface area contributed by atoms with E-state index in [-0.39, 0.29) is 0 Å². The number of carboxylic acids is 1. The number of aryl methyl sites for hydroxylation is 1. The van der Waals surface area contributed by atoms with Crippen molar-refractivity contribution in [3.05, 3.63) is 58.7 Å². The van der Waals surface area contributed by atoms with Gasteiger partial charge in [0, 0.05) is 12.0 Å². The molecular formula is C26H34O3. The summed E-state index contributed by atoms with van der Waals surface area (Å²) in [4.78, 5) is 12.0. The van der Waals surface area contributed by atoms with E-state index < -0.39 is 5.97 Å². The normalized spacial score (nSPS) is 12.2. The van der Waals surface area contributed by atoms with Crippen LogP contribution >= 0.6 is 0 Å². The highest BCUT2D eigenvalue weighted by Gasteiger charge is 2.24. The first-order valence-electron chi connectivity index (χ1n) is 11.3. The number of hydrogen-bond donors (Lipinski definition) is 1. The third-order valence-corrected chi connectivity index (χ3v) is 5.93. The maximum Gasteiger partial charge on any atom is 0.336 e. The van der Waals surface area contributed by atoms with Gasteiger partial charge in [0.05, 0.1) is 5.56 Å². The highest BCUT2D eigenvalue weighted by molar-refractivity contribution is 5.92. The van der Waals surface area contributed by atoms with Crippen LogP contribution in [0.2, 0.25) is 0 Å². The van der Waals surface area contributed by atoms with Crippen molar-refractivity contribution in [2.45, 2.75) is 84.0 Å². The fourth-order valence-corrected chi connectivity index (χ4v) is 4.28. The Labute approximate surface area is 175 Å². The van der Waals surface area contributed by atoms with Crippen LogP contribution in [0, 0.1) is 0 Å². The van der Waals surface area contributed by atoms with Crippen molar-refractivity contribution in [1.82, 2.24) is 0 Å². The number of carbonyl (C=O) groups is 1. The van der Waals surface area contributed by atoms with Crippen LogP contribution in [0.4, 0.5) is 0 Å². The zero-order valence-electron chi connectivity index (χ0n) is 17.7. The van der Waals surface area contributed by atoms with Crippen LogP contribution in [-0.4, -0.2) is 11.1 Å². The van der Waals surface area contributed by atoms with Gasteiger partial charge in [0.1, 0.15) is 11.5 Å². The minimum absolute atomic E-state index is 0.452. The molecule has 2 aromatic carbocycles. The second-order valence-electron chi connectivity index (χ2n) is 8.20. The van der Waals surface area contributed by atoms with Crippen molar-refractivity contribution >= 4 is 5.97 Å². The molecule has 156 valence electrons. The number of aromatic carboxylic acids is 1. The molecule has 3 rings (SSSR count). The van der Waals surface area contributed by atoms with E-state index >= 15 is 0 Å². The van der Waals surface area contributed by atoms with Crippen LogP contribution in [0.25, 0.3) is 0 Å². The summed E-state index contributed by atoms with van der Waals surface area (Å²) >= 11 is 0. The lowest BCUT2D eigenvalue weighted by molar-refractivity contribution is 0.0694. The Hall–Kier alpha value is -2.29. The third kappa shape index (κ3) is 5.85. The fourth-order valence-electron chi connectivity index (χ4n) is 4.28. The van der Waals surface area contributed by atoms with Gasteiger partial charge in [-0.1, -0.05) is 89.0 Å². The van der Waals surface area contributed by atoms with E-state index in [1.54, 1.807) is 0 Å². The molecule has 0 radical (unpaired) electrons. The van der Waals surface area contributed by atoms with E-state index in [4.69, 9.17) is 4.74 Å². The van der Waals surface area contributed by atoms with Crippen LogP contribution < -0.4 is 4.74 Å². The summed E-state index contributed by atoms with van der Waals surface area (Å²) in [5.74, 6) is 0.679. The summed E-state index contributed by atoms with van der Waals surface area (Å²) in [5.41, 5.74) is 3.27. The predicted molar refractivity (Wildman–Crippen MR) is 118 cm³/mol. The minimum atomic E-state index is -0.841. The first kappa shape index (κ1) is 21.4. The molecule has 3 nitrogen and oxygen atoms in total. The topological polar surface area (TPSA) is 46.5 Å². The molecule has 1 heterocycles. The lowest BCUT2D eigenvalue weighted by atomic mass is 9.90. The molecule has 1 N–H and O–H groups in total. The number of rotatable bonds is 12. The monoisotopic (exact) mass is 394 g/mol. The van der Waals surface area contributed by atoms with Gasteiger partial charge >= 0.3 is 5.97 Å². The Morgan fingerprint density at radius 1 is 0.862 bits per heavy atom. The Kier molecular flexibility index (Phi) is 8.15. The molecule has 1 aliphatic rings. The number of hydrogen-bond acceptors (Lipinski definition) is 2. The molecule has 1 aliphatic heterocycles. The maximum atomic E-state index is 12.0. The number of carboxylic acid groups (broad SMARTS) is 1. The Morgan fingerprint density at radius 3 is 2.21 bits per heavy atom. The van der Waals surface area contributed by atoms with Crippen LogP contribution in [0.3, 0.4) is 0 Å². The van der Waals surface area contributed by atoms with Crippen molar-refractivity contribution in [3.8, 4) is 11.5 Å². The Morgan fingerprint density at radius 2 is 1.52 bits per heavy atom. The molecule has 0 bridgehead atoms. The van der Waals surface area contributed by atoms with Gasteiger partial charge in [-0.25, -0.2) is 4.79 Å². The average Bonchev–Trinajstić information content (AvgIpc) is 2.73. The zero-order chi connectivity index (χ0) is 20.5. The third-order valence-electron chi connectivity index (χ3n) is 5.93. The van der Waals surface area contributed by atoms with Gasteiger partial charge < -0.3 is 9.84 Å². The number of ether oxygens (including phenoxy) is 1. The summed E-state index contributed by atoms with van der Waals surface area (Å²) in [7, 11) is 0. The van der Waals surface area contributed by atoms with Crippen molar-refractivity contribution in [2.75, 3.05) is 0 Å². The van der Waals surface area contributed by atoms with Gasteiger partial charge in [0.2, 0.25) is 0 Å². The Balaban J connectivity index is 1.51. The molecule has 3 heteroatoms. The predicted octanol–water partition coefficient (Wildman–Crippen LogP) is 7.54. The van der Waals surface area contributed by atoms with Crippen molar-refractivity contribution in [1.29, 1.82) is 0 Å². The summed E-state index contributed by atoms with van der Waals surface area (Å²) in [6.45, 7) is 2.25. The maximum absolute atomic E-state index is 12.0. The highest BCUT2D eigenvalue weighted by atomic mass is 16.5. The molecule has 2 aromatic rings. The summed E-state index contributed by atoms with van der Waals surface area (Å²) in [6.07, 6.45) is 14.3. The van der Waals surface area contributed by atoms with Gasteiger partial charge in [-0.05, 0) is 36.1 Å². The molecule has 0 spiro atoms. The SMILES string of the molecule is CCCCCCCCCCCCc1ccc2c(c1C(=O)O)Cc1ccccc1O2. The molecule has 0 aromatic heterocycles. The second-order valence-corrected chi connectivity index (χ2v) is 8.20. The van der Waals surface area contributed by atoms with E-state index in [1.807, 2.05) is 36.4 Å². The zero-order valence-corrected chi connectivity index (χ0v) is 17.7.